The van der Waals surface area contributed by atoms with E-state index in [1.165, 1.54) is 21.1 Å². The predicted molar refractivity (Wildman–Crippen MR) is 96.3 cm³/mol. The first-order chi connectivity index (χ1) is 10.3. The summed E-state index contributed by atoms with van der Waals surface area (Å²) in [7, 11) is -1.78. The third-order valence-corrected chi connectivity index (χ3v) is 8.69. The number of hydrogen-bond donors (Lipinski definition) is 0. The average Bonchev–Trinajstić information content (AvgIpc) is 2.55. The van der Waals surface area contributed by atoms with E-state index in [0.717, 1.165) is 6.04 Å². The minimum Gasteiger partial charge on any atom is -0.103 e. The number of benzene rings is 3. The third-order valence-electron chi connectivity index (χ3n) is 4.35. The lowest BCUT2D eigenvalue weighted by molar-refractivity contribution is 1.57. The van der Waals surface area contributed by atoms with Crippen molar-refractivity contribution in [2.45, 2.75) is 12.6 Å². The van der Waals surface area contributed by atoms with E-state index < -0.39 is 8.07 Å². The van der Waals surface area contributed by atoms with Crippen LogP contribution in [0.15, 0.2) is 85.5 Å². The molecule has 0 bridgehead atoms. The molecule has 3 rings (SSSR count). The molecule has 0 amide bonds. The number of allylic oxidation sites excluding steroid dienone is 1. The first-order valence-electron chi connectivity index (χ1n) is 7.40. The number of rotatable bonds is 4. The molecule has 104 valence electrons. The summed E-state index contributed by atoms with van der Waals surface area (Å²) in [5, 5.41) is 5.70. The standard InChI is InChI=1S/C20H20Si/c1-3-16-21(2,18-12-5-4-6-13-18)20-15-9-11-17-10-7-8-14-19(17)20/h3-15H,1,16H2,2H3. The van der Waals surface area contributed by atoms with E-state index in [4.69, 9.17) is 0 Å². The van der Waals surface area contributed by atoms with E-state index in [2.05, 4.69) is 92.0 Å². The van der Waals surface area contributed by atoms with Crippen LogP contribution in [0.5, 0.6) is 0 Å². The van der Waals surface area contributed by atoms with Gasteiger partial charge in [-0.2, -0.15) is 0 Å². The van der Waals surface area contributed by atoms with Gasteiger partial charge in [-0.3, -0.25) is 0 Å². The quantitative estimate of drug-likeness (QED) is 0.498. The van der Waals surface area contributed by atoms with E-state index >= 15 is 0 Å². The van der Waals surface area contributed by atoms with Crippen LogP contribution in [0, 0.1) is 0 Å². The van der Waals surface area contributed by atoms with Gasteiger partial charge in [0, 0.05) is 0 Å². The minimum atomic E-state index is -1.78. The molecule has 0 aliphatic heterocycles. The van der Waals surface area contributed by atoms with Crippen LogP contribution in [-0.4, -0.2) is 8.07 Å². The van der Waals surface area contributed by atoms with E-state index in [1.807, 2.05) is 0 Å². The van der Waals surface area contributed by atoms with Gasteiger partial charge in [-0.15, -0.1) is 6.58 Å². The molecule has 0 spiro atoms. The fraction of sp³-hybridized carbons (Fsp3) is 0.100. The Labute approximate surface area is 127 Å². The molecule has 0 saturated heterocycles. The molecule has 0 nitrogen and oxygen atoms in total. The molecule has 0 aromatic heterocycles. The molecule has 1 heteroatoms. The normalized spacial score (nSPS) is 13.8. The van der Waals surface area contributed by atoms with Crippen molar-refractivity contribution in [2.75, 3.05) is 0 Å². The van der Waals surface area contributed by atoms with Crippen LogP contribution in [0.1, 0.15) is 0 Å². The topological polar surface area (TPSA) is 0 Å². The Morgan fingerprint density at radius 1 is 0.857 bits per heavy atom. The Hall–Kier alpha value is -2.12. The van der Waals surface area contributed by atoms with Crippen LogP contribution in [0.2, 0.25) is 12.6 Å². The lowest BCUT2D eigenvalue weighted by atomic mass is 10.1. The Morgan fingerprint density at radius 3 is 2.29 bits per heavy atom. The Morgan fingerprint density at radius 2 is 1.52 bits per heavy atom. The van der Waals surface area contributed by atoms with Crippen LogP contribution in [0.25, 0.3) is 10.8 Å². The van der Waals surface area contributed by atoms with Crippen molar-refractivity contribution in [3.05, 3.63) is 85.5 Å². The Balaban J connectivity index is 2.27. The molecular weight excluding hydrogens is 268 g/mol. The Bertz CT molecular complexity index is 756. The molecule has 0 aliphatic rings. The van der Waals surface area contributed by atoms with Gasteiger partial charge in [-0.05, 0) is 22.0 Å². The lowest BCUT2D eigenvalue weighted by Crippen LogP contribution is -2.55. The van der Waals surface area contributed by atoms with Crippen molar-refractivity contribution >= 4 is 29.2 Å². The first-order valence-corrected chi connectivity index (χ1v) is 10.1. The van der Waals surface area contributed by atoms with Crippen molar-refractivity contribution in [1.82, 2.24) is 0 Å². The number of hydrogen-bond acceptors (Lipinski definition) is 0. The maximum atomic E-state index is 4.01. The summed E-state index contributed by atoms with van der Waals surface area (Å²) in [6.45, 7) is 6.46. The summed E-state index contributed by atoms with van der Waals surface area (Å²) < 4.78 is 0. The molecule has 0 heterocycles. The van der Waals surface area contributed by atoms with Crippen LogP contribution in [-0.2, 0) is 0 Å². The van der Waals surface area contributed by atoms with E-state index in [1.54, 1.807) is 0 Å². The monoisotopic (exact) mass is 288 g/mol. The maximum absolute atomic E-state index is 4.01. The van der Waals surface area contributed by atoms with Gasteiger partial charge in [0.1, 0.15) is 8.07 Å². The fourth-order valence-corrected chi connectivity index (χ4v) is 6.74. The molecule has 0 N–H and O–H groups in total. The van der Waals surface area contributed by atoms with Gasteiger partial charge in [0.2, 0.25) is 0 Å². The highest BCUT2D eigenvalue weighted by Crippen LogP contribution is 2.19. The summed E-state index contributed by atoms with van der Waals surface area (Å²) in [6, 6.07) is 27.4. The molecule has 1 atom stereocenters. The van der Waals surface area contributed by atoms with Gasteiger partial charge in [0.15, 0.2) is 0 Å². The lowest BCUT2D eigenvalue weighted by Gasteiger charge is -2.29. The second kappa shape index (κ2) is 5.70. The summed E-state index contributed by atoms with van der Waals surface area (Å²) in [5.41, 5.74) is 0. The van der Waals surface area contributed by atoms with Gasteiger partial charge in [-0.1, -0.05) is 90.6 Å². The predicted octanol–water partition coefficient (Wildman–Crippen LogP) is 4.22. The highest BCUT2D eigenvalue weighted by molar-refractivity contribution is 7.02. The van der Waals surface area contributed by atoms with Gasteiger partial charge >= 0.3 is 0 Å². The largest absolute Gasteiger partial charge is 0.119 e. The molecule has 0 radical (unpaired) electrons. The molecule has 0 aliphatic carbocycles. The molecule has 3 aromatic rings. The molecule has 3 aromatic carbocycles. The van der Waals surface area contributed by atoms with E-state index in [0.29, 0.717) is 0 Å². The van der Waals surface area contributed by atoms with Crippen LogP contribution in [0.3, 0.4) is 0 Å². The molecule has 21 heavy (non-hydrogen) atoms. The van der Waals surface area contributed by atoms with E-state index in [-0.39, 0.29) is 0 Å². The summed E-state index contributed by atoms with van der Waals surface area (Å²) in [4.78, 5) is 0. The van der Waals surface area contributed by atoms with Crippen molar-refractivity contribution in [1.29, 1.82) is 0 Å². The minimum absolute atomic E-state index is 1.06. The van der Waals surface area contributed by atoms with Crippen molar-refractivity contribution in [3.63, 3.8) is 0 Å². The van der Waals surface area contributed by atoms with Crippen LogP contribution >= 0.6 is 0 Å². The van der Waals surface area contributed by atoms with Crippen LogP contribution in [0.4, 0.5) is 0 Å². The SMILES string of the molecule is C=CC[Si](C)(c1ccccc1)c1cccc2ccccc12. The summed E-state index contributed by atoms with van der Waals surface area (Å²) >= 11 is 0. The highest BCUT2D eigenvalue weighted by atomic mass is 28.3. The second-order valence-corrected chi connectivity index (χ2v) is 9.91. The van der Waals surface area contributed by atoms with Gasteiger partial charge in [-0.25, -0.2) is 0 Å². The zero-order valence-electron chi connectivity index (χ0n) is 12.4. The van der Waals surface area contributed by atoms with Crippen molar-refractivity contribution in [2.24, 2.45) is 0 Å². The molecule has 0 saturated carbocycles. The average molecular weight is 288 g/mol. The molecule has 0 fully saturated rings. The van der Waals surface area contributed by atoms with Gasteiger partial charge in [0.05, 0.1) is 0 Å². The molecular formula is C20H20Si. The van der Waals surface area contributed by atoms with Gasteiger partial charge < -0.3 is 0 Å². The van der Waals surface area contributed by atoms with Crippen molar-refractivity contribution in [3.8, 4) is 0 Å². The fourth-order valence-electron chi connectivity index (χ4n) is 3.18. The second-order valence-electron chi connectivity index (χ2n) is 5.72. The highest BCUT2D eigenvalue weighted by Gasteiger charge is 2.31. The Kier molecular flexibility index (Phi) is 3.76. The smallest absolute Gasteiger partial charge is 0.103 e. The zero-order valence-corrected chi connectivity index (χ0v) is 13.4. The van der Waals surface area contributed by atoms with E-state index in [9.17, 15) is 0 Å². The van der Waals surface area contributed by atoms with Crippen molar-refractivity contribution < 1.29 is 0 Å². The van der Waals surface area contributed by atoms with Gasteiger partial charge in [0.25, 0.3) is 0 Å². The third kappa shape index (κ3) is 2.45. The first kappa shape index (κ1) is 13.8. The van der Waals surface area contributed by atoms with Crippen LogP contribution < -0.4 is 10.4 Å². The summed E-state index contributed by atoms with van der Waals surface area (Å²) in [5.74, 6) is 0. The molecule has 1 unspecified atom stereocenters. The number of fused-ring (bicyclic) bond motifs is 1. The zero-order chi connectivity index (χ0) is 14.7. The maximum Gasteiger partial charge on any atom is 0.119 e. The summed E-state index contributed by atoms with van der Waals surface area (Å²) in [6.07, 6.45) is 2.08.